The smallest absolute Gasteiger partial charge is 0.264 e. The molecule has 218 valence electrons. The number of benzene rings is 4. The van der Waals surface area contributed by atoms with Crippen LogP contribution in [0.5, 0.6) is 0 Å². The molecular weight excluding hydrogens is 567 g/mol. The van der Waals surface area contributed by atoms with Crippen LogP contribution in [0, 0.1) is 0 Å². The Balaban J connectivity index is 1.43. The molecule has 2 amide bonds. The van der Waals surface area contributed by atoms with Gasteiger partial charge in [-0.05, 0) is 103 Å². The predicted octanol–water partition coefficient (Wildman–Crippen LogP) is 7.43. The van der Waals surface area contributed by atoms with Crippen LogP contribution in [0.2, 0.25) is 0 Å². The summed E-state index contributed by atoms with van der Waals surface area (Å²) in [6.45, 7) is 8.35. The average Bonchev–Trinajstić information content (AvgIpc) is 2.97. The lowest BCUT2D eigenvalue weighted by molar-refractivity contribution is 0.101. The van der Waals surface area contributed by atoms with Crippen LogP contribution >= 0.6 is 11.8 Å². The lowest BCUT2D eigenvalue weighted by Crippen LogP contribution is -2.30. The van der Waals surface area contributed by atoms with Crippen LogP contribution in [0.15, 0.2) is 107 Å². The molecule has 0 aromatic heterocycles. The molecule has 0 spiro atoms. The number of hydrogen-bond donors (Lipinski definition) is 2. The summed E-state index contributed by atoms with van der Waals surface area (Å²) in [5, 5.41) is 5.72. The molecule has 0 bridgehead atoms. The fourth-order valence-corrected chi connectivity index (χ4v) is 6.23. The van der Waals surface area contributed by atoms with Gasteiger partial charge in [-0.3, -0.25) is 13.9 Å². The van der Waals surface area contributed by atoms with Crippen LogP contribution < -0.4 is 14.9 Å². The van der Waals surface area contributed by atoms with Crippen molar-refractivity contribution >= 4 is 50.7 Å². The Kier molecular flexibility index (Phi) is 9.43. The van der Waals surface area contributed by atoms with E-state index in [-0.39, 0.29) is 28.7 Å². The van der Waals surface area contributed by atoms with Gasteiger partial charge in [-0.25, -0.2) is 8.42 Å². The fourth-order valence-electron chi connectivity index (χ4n) is 4.35. The van der Waals surface area contributed by atoms with E-state index in [1.54, 1.807) is 104 Å². The third kappa shape index (κ3) is 7.21. The summed E-state index contributed by atoms with van der Waals surface area (Å²) in [5.41, 5.74) is 3.56. The first kappa shape index (κ1) is 30.9. The van der Waals surface area contributed by atoms with E-state index in [9.17, 15) is 18.0 Å². The number of nitrogens with zero attached hydrogens (tertiary/aromatic N) is 1. The number of rotatable bonds is 9. The molecule has 0 atom stereocenters. The lowest BCUT2D eigenvalue weighted by atomic mass is 9.87. The van der Waals surface area contributed by atoms with Crippen LogP contribution in [-0.2, 0) is 15.4 Å². The van der Waals surface area contributed by atoms with E-state index < -0.39 is 10.0 Å². The van der Waals surface area contributed by atoms with Crippen molar-refractivity contribution in [3.05, 3.63) is 114 Å². The Hall–Kier alpha value is -4.08. The van der Waals surface area contributed by atoms with Crippen molar-refractivity contribution in [3.8, 4) is 0 Å². The molecule has 4 aromatic carbocycles. The quantitative estimate of drug-likeness (QED) is 0.195. The molecule has 0 aliphatic carbocycles. The summed E-state index contributed by atoms with van der Waals surface area (Å²) in [4.78, 5) is 26.9. The zero-order valence-corrected chi connectivity index (χ0v) is 26.0. The number of carbonyl (C=O) groups excluding carboxylic acids is 2. The maximum Gasteiger partial charge on any atom is 0.264 e. The molecule has 0 aliphatic rings. The standard InChI is InChI=1S/C33H35N3O4S2/c1-6-36(42(39,40)30-20-18-29(41-5)19-21-30)28-16-12-24(13-17-28)32(38)35-27-9-7-8-26(22-27)34-31(37)23-10-14-25(15-11-23)33(2,3)4/h7-22H,6H2,1-5H3,(H,34,37)(H,35,38). The summed E-state index contributed by atoms with van der Waals surface area (Å²) in [7, 11) is -3.77. The molecule has 4 rings (SSSR count). The van der Waals surface area contributed by atoms with E-state index in [0.717, 1.165) is 10.5 Å². The Morgan fingerprint density at radius 2 is 1.26 bits per heavy atom. The Bertz CT molecular complexity index is 1660. The van der Waals surface area contributed by atoms with Crippen LogP contribution in [0.1, 0.15) is 54.0 Å². The van der Waals surface area contributed by atoms with Crippen LogP contribution in [0.4, 0.5) is 17.1 Å². The van der Waals surface area contributed by atoms with E-state index in [4.69, 9.17) is 0 Å². The van der Waals surface area contributed by atoms with Gasteiger partial charge in [-0.2, -0.15) is 0 Å². The van der Waals surface area contributed by atoms with Crippen molar-refractivity contribution in [1.29, 1.82) is 0 Å². The molecule has 9 heteroatoms. The van der Waals surface area contributed by atoms with Gasteiger partial charge in [0.2, 0.25) is 0 Å². The highest BCUT2D eigenvalue weighted by molar-refractivity contribution is 7.98. The van der Waals surface area contributed by atoms with Gasteiger partial charge in [0.25, 0.3) is 21.8 Å². The Morgan fingerprint density at radius 3 is 1.71 bits per heavy atom. The number of thioether (sulfide) groups is 1. The average molecular weight is 602 g/mol. The molecule has 0 heterocycles. The molecule has 2 N–H and O–H groups in total. The lowest BCUT2D eigenvalue weighted by Gasteiger charge is -2.23. The highest BCUT2D eigenvalue weighted by atomic mass is 32.2. The van der Waals surface area contributed by atoms with Gasteiger partial charge in [0, 0.05) is 33.9 Å². The number of nitrogens with one attached hydrogen (secondary N) is 2. The third-order valence-corrected chi connectivity index (χ3v) is 9.40. The second-order valence-corrected chi connectivity index (χ2v) is 13.5. The summed E-state index contributed by atoms with van der Waals surface area (Å²) in [5.74, 6) is -0.605. The van der Waals surface area contributed by atoms with Crippen molar-refractivity contribution in [1.82, 2.24) is 0 Å². The first-order chi connectivity index (χ1) is 19.9. The summed E-state index contributed by atoms with van der Waals surface area (Å²) in [6.07, 6.45) is 1.93. The first-order valence-corrected chi connectivity index (χ1v) is 16.2. The highest BCUT2D eigenvalue weighted by Crippen LogP contribution is 2.26. The fraction of sp³-hybridized carbons (Fsp3) is 0.212. The summed E-state index contributed by atoms with van der Waals surface area (Å²) < 4.78 is 27.9. The van der Waals surface area contributed by atoms with Gasteiger partial charge < -0.3 is 10.6 Å². The minimum atomic E-state index is -3.77. The number of sulfonamides is 1. The molecule has 7 nitrogen and oxygen atoms in total. The minimum Gasteiger partial charge on any atom is -0.322 e. The Morgan fingerprint density at radius 1 is 0.762 bits per heavy atom. The minimum absolute atomic E-state index is 0.00458. The van der Waals surface area contributed by atoms with Crippen molar-refractivity contribution < 1.29 is 18.0 Å². The number of hydrogen-bond acceptors (Lipinski definition) is 5. The number of anilines is 3. The number of amides is 2. The zero-order chi connectivity index (χ0) is 30.5. The van der Waals surface area contributed by atoms with Crippen LogP contribution in [-0.4, -0.2) is 33.0 Å². The van der Waals surface area contributed by atoms with Crippen LogP contribution in [0.25, 0.3) is 0 Å². The topological polar surface area (TPSA) is 95.6 Å². The van der Waals surface area contributed by atoms with Gasteiger partial charge in [0.15, 0.2) is 0 Å². The largest absolute Gasteiger partial charge is 0.322 e. The first-order valence-electron chi connectivity index (χ1n) is 13.5. The van der Waals surface area contributed by atoms with Gasteiger partial charge >= 0.3 is 0 Å². The summed E-state index contributed by atoms with van der Waals surface area (Å²) in [6, 6.07) is 27.6. The summed E-state index contributed by atoms with van der Waals surface area (Å²) >= 11 is 1.54. The molecule has 0 aliphatic heterocycles. The van der Waals surface area contributed by atoms with Gasteiger partial charge in [-0.15, -0.1) is 11.8 Å². The molecule has 0 unspecified atom stereocenters. The van der Waals surface area contributed by atoms with Gasteiger partial charge in [-0.1, -0.05) is 39.0 Å². The maximum atomic E-state index is 13.3. The monoisotopic (exact) mass is 601 g/mol. The van der Waals surface area contributed by atoms with Gasteiger partial charge in [0.05, 0.1) is 10.6 Å². The molecule has 0 fully saturated rings. The van der Waals surface area contributed by atoms with E-state index in [1.807, 2.05) is 18.4 Å². The zero-order valence-electron chi connectivity index (χ0n) is 24.3. The molecule has 42 heavy (non-hydrogen) atoms. The molecule has 0 saturated carbocycles. The number of carbonyl (C=O) groups is 2. The van der Waals surface area contributed by atoms with Crippen molar-refractivity contribution in [2.45, 2.75) is 42.9 Å². The van der Waals surface area contributed by atoms with Gasteiger partial charge in [0.1, 0.15) is 0 Å². The predicted molar refractivity (Wildman–Crippen MR) is 172 cm³/mol. The van der Waals surface area contributed by atoms with Crippen LogP contribution in [0.3, 0.4) is 0 Å². The van der Waals surface area contributed by atoms with Crippen molar-refractivity contribution in [3.63, 3.8) is 0 Å². The van der Waals surface area contributed by atoms with E-state index in [2.05, 4.69) is 31.4 Å². The normalized spacial score (nSPS) is 11.5. The van der Waals surface area contributed by atoms with E-state index in [0.29, 0.717) is 28.2 Å². The molecule has 0 saturated heterocycles. The second-order valence-electron chi connectivity index (χ2n) is 10.7. The molecule has 0 radical (unpaired) electrons. The van der Waals surface area contributed by atoms with Crippen molar-refractivity contribution in [2.24, 2.45) is 0 Å². The highest BCUT2D eigenvalue weighted by Gasteiger charge is 2.24. The SMILES string of the molecule is CCN(c1ccc(C(=O)Nc2cccc(NC(=O)c3ccc(C(C)(C)C)cc3)c2)cc1)S(=O)(=O)c1ccc(SC)cc1. The van der Waals surface area contributed by atoms with E-state index in [1.165, 1.54) is 4.31 Å². The Labute approximate surface area is 252 Å². The maximum absolute atomic E-state index is 13.3. The third-order valence-electron chi connectivity index (χ3n) is 6.74. The van der Waals surface area contributed by atoms with Crippen molar-refractivity contribution in [2.75, 3.05) is 27.7 Å². The molecular formula is C33H35N3O4S2. The molecule has 4 aromatic rings. The second kappa shape index (κ2) is 12.8. The van der Waals surface area contributed by atoms with E-state index >= 15 is 0 Å².